The molecule has 0 aliphatic heterocycles. The van der Waals surface area contributed by atoms with E-state index >= 15 is 0 Å². The maximum atomic E-state index is 12.6. The summed E-state index contributed by atoms with van der Waals surface area (Å²) in [6, 6.07) is 23.7. The molecule has 5 heteroatoms. The zero-order valence-corrected chi connectivity index (χ0v) is 17.9. The number of anilines is 1. The summed E-state index contributed by atoms with van der Waals surface area (Å²) in [5.41, 5.74) is 6.68. The quantitative estimate of drug-likeness (QED) is 0.416. The van der Waals surface area contributed by atoms with Gasteiger partial charge in [-0.15, -0.1) is 5.10 Å². The Labute approximate surface area is 182 Å². The fraction of sp³-hybridized carbons (Fsp3) is 0.192. The number of unbranched alkanes of at least 4 members (excludes halogenated alkanes) is 1. The second kappa shape index (κ2) is 9.39. The van der Waals surface area contributed by atoms with Crippen LogP contribution in [0.1, 0.15) is 41.3 Å². The molecule has 0 aliphatic rings. The lowest BCUT2D eigenvalue weighted by Crippen LogP contribution is -2.12. The molecule has 0 unspecified atom stereocenters. The minimum atomic E-state index is -0.134. The molecular weight excluding hydrogens is 384 g/mol. The molecule has 0 fully saturated rings. The van der Waals surface area contributed by atoms with Gasteiger partial charge in [0.05, 0.1) is 17.6 Å². The van der Waals surface area contributed by atoms with Crippen molar-refractivity contribution in [2.24, 2.45) is 0 Å². The lowest BCUT2D eigenvalue weighted by Gasteiger charge is -2.09. The van der Waals surface area contributed by atoms with Crippen molar-refractivity contribution in [3.8, 4) is 16.9 Å². The summed E-state index contributed by atoms with van der Waals surface area (Å²) in [5.74, 6) is -0.134. The van der Waals surface area contributed by atoms with Crippen LogP contribution in [0.25, 0.3) is 16.9 Å². The van der Waals surface area contributed by atoms with Crippen LogP contribution in [0.4, 0.5) is 5.69 Å². The van der Waals surface area contributed by atoms with Crippen molar-refractivity contribution in [3.05, 3.63) is 95.7 Å². The monoisotopic (exact) mass is 410 g/mol. The summed E-state index contributed by atoms with van der Waals surface area (Å²) in [6.07, 6.45) is 5.17. The number of rotatable bonds is 7. The van der Waals surface area contributed by atoms with E-state index in [-0.39, 0.29) is 5.91 Å². The van der Waals surface area contributed by atoms with Crippen molar-refractivity contribution >= 4 is 11.6 Å². The van der Waals surface area contributed by atoms with Gasteiger partial charge in [-0.05, 0) is 61.7 Å². The first-order valence-electron chi connectivity index (χ1n) is 10.6. The molecule has 4 rings (SSSR count). The van der Waals surface area contributed by atoms with E-state index in [9.17, 15) is 4.79 Å². The van der Waals surface area contributed by atoms with Crippen molar-refractivity contribution in [2.45, 2.75) is 33.1 Å². The van der Waals surface area contributed by atoms with Crippen LogP contribution in [-0.4, -0.2) is 20.9 Å². The average molecular weight is 411 g/mol. The first kappa shape index (κ1) is 20.5. The molecule has 0 bridgehead atoms. The van der Waals surface area contributed by atoms with Crippen molar-refractivity contribution in [1.29, 1.82) is 0 Å². The lowest BCUT2D eigenvalue weighted by atomic mass is 10.1. The highest BCUT2D eigenvalue weighted by Crippen LogP contribution is 2.22. The summed E-state index contributed by atoms with van der Waals surface area (Å²) >= 11 is 0. The van der Waals surface area contributed by atoms with Crippen LogP contribution in [0.2, 0.25) is 0 Å². The van der Waals surface area contributed by atoms with Crippen LogP contribution in [0.15, 0.2) is 79.0 Å². The van der Waals surface area contributed by atoms with E-state index in [2.05, 4.69) is 65.9 Å². The summed E-state index contributed by atoms with van der Waals surface area (Å²) in [5, 5.41) is 11.3. The molecule has 0 spiro atoms. The predicted molar refractivity (Wildman–Crippen MR) is 125 cm³/mol. The molecule has 0 saturated carbocycles. The van der Waals surface area contributed by atoms with Gasteiger partial charge in [-0.1, -0.05) is 60.5 Å². The second-order valence-corrected chi connectivity index (χ2v) is 7.70. The Morgan fingerprint density at radius 1 is 0.935 bits per heavy atom. The van der Waals surface area contributed by atoms with Gasteiger partial charge in [0.25, 0.3) is 5.91 Å². The highest BCUT2D eigenvalue weighted by molar-refractivity contribution is 6.04. The van der Waals surface area contributed by atoms with E-state index in [1.807, 2.05) is 24.3 Å². The number of carbonyl (C=O) groups excluding carboxylic acids is 1. The van der Waals surface area contributed by atoms with Gasteiger partial charge in [-0.2, -0.15) is 0 Å². The number of carbonyl (C=O) groups is 1. The van der Waals surface area contributed by atoms with Crippen LogP contribution in [-0.2, 0) is 6.42 Å². The number of amides is 1. The molecule has 0 radical (unpaired) electrons. The summed E-state index contributed by atoms with van der Waals surface area (Å²) in [7, 11) is 0. The van der Waals surface area contributed by atoms with E-state index in [0.29, 0.717) is 5.56 Å². The van der Waals surface area contributed by atoms with E-state index in [4.69, 9.17) is 0 Å². The highest BCUT2D eigenvalue weighted by atomic mass is 16.1. The number of hydrogen-bond acceptors (Lipinski definition) is 3. The lowest BCUT2D eigenvalue weighted by molar-refractivity contribution is 0.102. The van der Waals surface area contributed by atoms with Crippen LogP contribution < -0.4 is 5.32 Å². The Hall–Kier alpha value is -3.73. The molecule has 5 nitrogen and oxygen atoms in total. The summed E-state index contributed by atoms with van der Waals surface area (Å²) < 4.78 is 1.78. The third kappa shape index (κ3) is 4.89. The molecule has 1 amide bonds. The first-order chi connectivity index (χ1) is 15.1. The third-order valence-corrected chi connectivity index (χ3v) is 5.30. The molecule has 1 aromatic heterocycles. The van der Waals surface area contributed by atoms with Crippen molar-refractivity contribution in [2.75, 3.05) is 5.32 Å². The minimum Gasteiger partial charge on any atom is -0.322 e. The van der Waals surface area contributed by atoms with Gasteiger partial charge in [0.1, 0.15) is 0 Å². The molecule has 0 saturated heterocycles. The molecule has 1 N–H and O–H groups in total. The topological polar surface area (TPSA) is 59.8 Å². The van der Waals surface area contributed by atoms with E-state index in [1.54, 1.807) is 23.0 Å². The summed E-state index contributed by atoms with van der Waals surface area (Å²) in [6.45, 7) is 4.25. The van der Waals surface area contributed by atoms with Gasteiger partial charge in [0.2, 0.25) is 0 Å². The fourth-order valence-corrected chi connectivity index (χ4v) is 3.44. The van der Waals surface area contributed by atoms with Crippen LogP contribution in [0.3, 0.4) is 0 Å². The Bertz CT molecular complexity index is 1140. The molecule has 1 heterocycles. The van der Waals surface area contributed by atoms with E-state index in [0.717, 1.165) is 29.1 Å². The van der Waals surface area contributed by atoms with Gasteiger partial charge < -0.3 is 5.32 Å². The normalized spacial score (nSPS) is 10.8. The van der Waals surface area contributed by atoms with Gasteiger partial charge in [0, 0.05) is 16.8 Å². The Morgan fingerprint density at radius 2 is 1.65 bits per heavy atom. The zero-order chi connectivity index (χ0) is 21.6. The second-order valence-electron chi connectivity index (χ2n) is 7.70. The number of hydrogen-bond donors (Lipinski definition) is 1. The maximum Gasteiger partial charge on any atom is 0.255 e. The number of benzene rings is 3. The predicted octanol–water partition coefficient (Wildman–Crippen LogP) is 5.84. The highest BCUT2D eigenvalue weighted by Gasteiger charge is 2.11. The number of nitrogens with zero attached hydrogens (tertiary/aromatic N) is 3. The first-order valence-corrected chi connectivity index (χ1v) is 10.6. The van der Waals surface area contributed by atoms with Crippen LogP contribution in [0, 0.1) is 6.92 Å². The van der Waals surface area contributed by atoms with Crippen LogP contribution in [0.5, 0.6) is 0 Å². The standard InChI is InChI=1S/C26H26N4O/c1-3-4-5-20-8-14-23(15-9-20)28-26(31)22-12-16-24(17-13-22)30-25(18-27-29-30)21-10-6-19(2)7-11-21/h6-18H,3-5H2,1-2H3,(H,28,31). The Morgan fingerprint density at radius 3 is 2.32 bits per heavy atom. The minimum absolute atomic E-state index is 0.134. The zero-order valence-electron chi connectivity index (χ0n) is 17.9. The number of aryl methyl sites for hydroxylation is 2. The maximum absolute atomic E-state index is 12.6. The smallest absolute Gasteiger partial charge is 0.255 e. The fourth-order valence-electron chi connectivity index (χ4n) is 3.44. The number of nitrogens with one attached hydrogen (secondary N) is 1. The SMILES string of the molecule is CCCCc1ccc(NC(=O)c2ccc(-n3nncc3-c3ccc(C)cc3)cc2)cc1. The Kier molecular flexibility index (Phi) is 6.22. The average Bonchev–Trinajstić information content (AvgIpc) is 3.29. The van der Waals surface area contributed by atoms with Crippen molar-refractivity contribution in [1.82, 2.24) is 15.0 Å². The van der Waals surface area contributed by atoms with E-state index in [1.165, 1.54) is 24.0 Å². The van der Waals surface area contributed by atoms with Crippen molar-refractivity contribution in [3.63, 3.8) is 0 Å². The van der Waals surface area contributed by atoms with Gasteiger partial charge in [-0.25, -0.2) is 4.68 Å². The molecular formula is C26H26N4O. The molecule has 156 valence electrons. The van der Waals surface area contributed by atoms with Crippen LogP contribution >= 0.6 is 0 Å². The molecule has 3 aromatic carbocycles. The van der Waals surface area contributed by atoms with Gasteiger partial charge >= 0.3 is 0 Å². The third-order valence-electron chi connectivity index (χ3n) is 5.30. The Balaban J connectivity index is 1.47. The number of aromatic nitrogens is 3. The van der Waals surface area contributed by atoms with Crippen molar-refractivity contribution < 1.29 is 4.79 Å². The molecule has 31 heavy (non-hydrogen) atoms. The molecule has 0 aliphatic carbocycles. The molecule has 4 aromatic rings. The summed E-state index contributed by atoms with van der Waals surface area (Å²) in [4.78, 5) is 12.6. The van der Waals surface area contributed by atoms with Gasteiger partial charge in [-0.3, -0.25) is 4.79 Å². The largest absolute Gasteiger partial charge is 0.322 e. The van der Waals surface area contributed by atoms with E-state index < -0.39 is 0 Å². The molecule has 0 atom stereocenters. The van der Waals surface area contributed by atoms with Gasteiger partial charge in [0.15, 0.2) is 0 Å².